The second-order valence-corrected chi connectivity index (χ2v) is 11.8. The van der Waals surface area contributed by atoms with Gasteiger partial charge in [-0.1, -0.05) is 37.6 Å². The first-order valence-electron chi connectivity index (χ1n) is 14.8. The fourth-order valence-electron chi connectivity index (χ4n) is 4.75. The zero-order valence-corrected chi connectivity index (χ0v) is 26.2. The van der Waals surface area contributed by atoms with Crippen molar-refractivity contribution < 1.29 is 42.9 Å². The molecule has 0 aliphatic heterocycles. The van der Waals surface area contributed by atoms with Gasteiger partial charge >= 0.3 is 5.97 Å². The van der Waals surface area contributed by atoms with Gasteiger partial charge < -0.3 is 28.9 Å². The van der Waals surface area contributed by atoms with Gasteiger partial charge in [0.25, 0.3) is 6.01 Å². The smallest absolute Gasteiger partial charge is 0.371 e. The highest BCUT2D eigenvalue weighted by atomic mass is 32.2. The Morgan fingerprint density at radius 2 is 1.87 bits per heavy atom. The van der Waals surface area contributed by atoms with E-state index in [1.807, 2.05) is 19.1 Å². The number of ketones is 1. The zero-order valence-electron chi connectivity index (χ0n) is 25.4. The number of aliphatic hydroxyl groups excluding tert-OH is 1. The average molecular weight is 651 g/mol. The van der Waals surface area contributed by atoms with Gasteiger partial charge in [-0.05, 0) is 69.0 Å². The summed E-state index contributed by atoms with van der Waals surface area (Å²) in [7, 11) is 0. The lowest BCUT2D eigenvalue weighted by atomic mass is 10.0. The third-order valence-corrected chi connectivity index (χ3v) is 8.28. The molecular formula is C35H35FO9S. The molecule has 2 atom stereocenters. The molecule has 9 nitrogen and oxygen atoms in total. The van der Waals surface area contributed by atoms with Crippen LogP contribution in [0.5, 0.6) is 11.5 Å². The summed E-state index contributed by atoms with van der Waals surface area (Å²) < 4.78 is 29.8. The van der Waals surface area contributed by atoms with Gasteiger partial charge in [0, 0.05) is 22.6 Å². The Hall–Kier alpha value is -4.61. The Bertz CT molecular complexity index is 1800. The number of carbonyl (C=O) groups is 2. The molecular weight excluding hydrogens is 615 g/mol. The number of carboxylic acid groups (broad SMARTS) is 1. The molecule has 0 saturated heterocycles. The van der Waals surface area contributed by atoms with E-state index >= 15 is 0 Å². The van der Waals surface area contributed by atoms with Crippen LogP contribution in [0.2, 0.25) is 0 Å². The third-order valence-electron chi connectivity index (χ3n) is 7.07. The predicted octanol–water partition coefficient (Wildman–Crippen LogP) is 7.64. The maximum Gasteiger partial charge on any atom is 0.371 e. The van der Waals surface area contributed by atoms with Crippen LogP contribution in [0.25, 0.3) is 11.0 Å². The monoisotopic (exact) mass is 650 g/mol. The van der Waals surface area contributed by atoms with Crippen molar-refractivity contribution in [2.24, 2.45) is 0 Å². The highest BCUT2D eigenvalue weighted by Gasteiger charge is 2.24. The van der Waals surface area contributed by atoms with Crippen molar-refractivity contribution in [2.75, 3.05) is 6.61 Å². The molecule has 2 unspecified atom stereocenters. The number of fused-ring (bicyclic) bond motifs is 1. The summed E-state index contributed by atoms with van der Waals surface area (Å²) in [5.74, 6) is -1.44. The number of carboxylic acids is 1. The molecule has 0 aliphatic carbocycles. The van der Waals surface area contributed by atoms with Crippen LogP contribution >= 0.6 is 11.8 Å². The predicted molar refractivity (Wildman–Crippen MR) is 172 cm³/mol. The van der Waals surface area contributed by atoms with Crippen molar-refractivity contribution in [3.63, 3.8) is 0 Å². The Morgan fingerprint density at radius 3 is 2.57 bits per heavy atom. The Morgan fingerprint density at radius 1 is 1.07 bits per heavy atom. The maximum absolute atomic E-state index is 13.6. The number of hydrogen-bond donors (Lipinski definition) is 3. The summed E-state index contributed by atoms with van der Waals surface area (Å²) >= 11 is 1.20. The number of rotatable bonds is 16. The van der Waals surface area contributed by atoms with E-state index < -0.39 is 34.5 Å². The van der Waals surface area contributed by atoms with Gasteiger partial charge in [-0.25, -0.2) is 4.79 Å². The zero-order chi connectivity index (χ0) is 33.2. The van der Waals surface area contributed by atoms with Crippen molar-refractivity contribution >= 4 is 34.5 Å². The molecule has 0 aliphatic rings. The van der Waals surface area contributed by atoms with Crippen LogP contribution in [0, 0.1) is 6.01 Å². The molecule has 0 spiro atoms. The Balaban J connectivity index is 1.37. The molecule has 3 N–H and O–H groups in total. The normalized spacial score (nSPS) is 13.0. The fourth-order valence-corrected chi connectivity index (χ4v) is 5.82. The van der Waals surface area contributed by atoms with Crippen LogP contribution < -0.4 is 10.2 Å². The quantitative estimate of drug-likeness (QED) is 0.0478. The Kier molecular flexibility index (Phi) is 12.0. The lowest BCUT2D eigenvalue weighted by Gasteiger charge is -2.18. The molecule has 46 heavy (non-hydrogen) atoms. The minimum atomic E-state index is -1.37. The second kappa shape index (κ2) is 16.1. The molecule has 0 radical (unpaired) electrons. The molecule has 4 aromatic rings. The summed E-state index contributed by atoms with van der Waals surface area (Å²) in [5, 5.41) is 30.3. The third kappa shape index (κ3) is 8.76. The number of unbranched alkanes of at least 4 members (excludes halogenated alkanes) is 2. The lowest BCUT2D eigenvalue weighted by molar-refractivity contribution is 0.0662. The number of carbonyl (C=O) groups excluding carboxylic acids is 1. The van der Waals surface area contributed by atoms with Gasteiger partial charge in [-0.3, -0.25) is 9.59 Å². The lowest BCUT2D eigenvalue weighted by Crippen LogP contribution is -2.12. The number of aromatic hydroxyl groups is 1. The van der Waals surface area contributed by atoms with Gasteiger partial charge in [-0.2, -0.15) is 4.39 Å². The summed E-state index contributed by atoms with van der Waals surface area (Å²) in [6, 6.07) is 10.6. The number of Topliss-reactive ketones (excluding diaryl/α,β-unsaturated/α-hetero) is 1. The van der Waals surface area contributed by atoms with E-state index in [0.29, 0.717) is 34.8 Å². The standard InChI is InChI=1S/C35H35FO9S/c1-3-10-25-27(15-14-23(21(2)37)33(25)39)43-18-9-7-5-4-6-8-11-31(34(40)28-16-17-32(36)45-28)46-22-12-13-24-26(38)20-30(35(41)42)44-29(24)19-22/h4,6,8,11-17,19-20,31,34,39-40H,3,5,7,9-10,18H2,1-2H3,(H,41,42)/b6-4-,11-8+. The van der Waals surface area contributed by atoms with E-state index in [-0.39, 0.29) is 28.3 Å². The molecule has 2 aromatic heterocycles. The minimum Gasteiger partial charge on any atom is -0.507 e. The largest absolute Gasteiger partial charge is 0.507 e. The van der Waals surface area contributed by atoms with Gasteiger partial charge in [0.05, 0.1) is 22.8 Å². The van der Waals surface area contributed by atoms with Crippen LogP contribution in [-0.2, 0) is 6.42 Å². The van der Waals surface area contributed by atoms with E-state index in [4.69, 9.17) is 13.6 Å². The van der Waals surface area contributed by atoms with E-state index in [9.17, 15) is 34.1 Å². The molecule has 242 valence electrons. The van der Waals surface area contributed by atoms with E-state index in [2.05, 4.69) is 0 Å². The number of allylic oxidation sites excluding steroid dienone is 3. The summed E-state index contributed by atoms with van der Waals surface area (Å²) in [6.45, 7) is 3.86. The van der Waals surface area contributed by atoms with Crippen molar-refractivity contribution in [2.45, 2.75) is 62.2 Å². The first-order chi connectivity index (χ1) is 22.1. The number of halogens is 1. The van der Waals surface area contributed by atoms with Crippen molar-refractivity contribution in [1.29, 1.82) is 0 Å². The first kappa shape index (κ1) is 34.3. The molecule has 4 rings (SSSR count). The van der Waals surface area contributed by atoms with Crippen LogP contribution in [0.15, 0.2) is 91.4 Å². The number of phenolic OH excluding ortho intramolecular Hbond substituents is 1. The highest BCUT2D eigenvalue weighted by molar-refractivity contribution is 8.00. The molecule has 0 fully saturated rings. The van der Waals surface area contributed by atoms with Crippen LogP contribution in [0.1, 0.15) is 77.9 Å². The number of aliphatic hydroxyl groups is 1. The summed E-state index contributed by atoms with van der Waals surface area (Å²) in [6.07, 6.45) is 9.82. The molecule has 2 heterocycles. The molecule has 0 saturated carbocycles. The van der Waals surface area contributed by atoms with Crippen molar-refractivity contribution in [1.82, 2.24) is 0 Å². The van der Waals surface area contributed by atoms with Crippen LogP contribution in [0.3, 0.4) is 0 Å². The minimum absolute atomic E-state index is 0.0140. The second-order valence-electron chi connectivity index (χ2n) is 10.5. The van der Waals surface area contributed by atoms with Gasteiger partial charge in [0.2, 0.25) is 5.76 Å². The number of benzene rings is 2. The Labute approximate surface area is 269 Å². The molecule has 11 heteroatoms. The van der Waals surface area contributed by atoms with E-state index in [0.717, 1.165) is 37.8 Å². The van der Waals surface area contributed by atoms with Crippen LogP contribution in [-0.4, -0.2) is 38.9 Å². The van der Waals surface area contributed by atoms with Crippen molar-refractivity contribution in [3.8, 4) is 11.5 Å². The van der Waals surface area contributed by atoms with Gasteiger partial charge in [0.1, 0.15) is 28.9 Å². The van der Waals surface area contributed by atoms with E-state index in [1.165, 1.54) is 36.9 Å². The topological polar surface area (TPSA) is 147 Å². The van der Waals surface area contributed by atoms with Gasteiger partial charge in [0.15, 0.2) is 11.2 Å². The fraction of sp³-hybridized carbons (Fsp3) is 0.286. The molecule has 2 aromatic carbocycles. The molecule has 0 amide bonds. The van der Waals surface area contributed by atoms with Crippen LogP contribution in [0.4, 0.5) is 4.39 Å². The average Bonchev–Trinajstić information content (AvgIpc) is 3.46. The van der Waals surface area contributed by atoms with Crippen molar-refractivity contribution in [3.05, 3.63) is 112 Å². The first-order valence-corrected chi connectivity index (χ1v) is 15.7. The number of thioether (sulfide) groups is 1. The number of furan rings is 1. The van der Waals surface area contributed by atoms with E-state index in [1.54, 1.807) is 30.4 Å². The number of aromatic carboxylic acids is 1. The van der Waals surface area contributed by atoms with Gasteiger partial charge in [-0.15, -0.1) is 11.8 Å². The number of hydrogen-bond acceptors (Lipinski definition) is 9. The summed E-state index contributed by atoms with van der Waals surface area (Å²) in [4.78, 5) is 36.0. The highest BCUT2D eigenvalue weighted by Crippen LogP contribution is 2.36. The number of ether oxygens (including phenoxy) is 1. The SMILES string of the molecule is CCCc1c(OCCCC/C=C\C=C\C(Sc2ccc3c(=O)cc(C(=O)O)oc3c2)C(O)c2ccc(F)o2)ccc(C(C)=O)c1O. The summed E-state index contributed by atoms with van der Waals surface area (Å²) in [5.41, 5.74) is 0.536. The molecule has 0 bridgehead atoms. The maximum atomic E-state index is 13.6. The number of phenols is 1.